The number of hydrogen-bond donors (Lipinski definition) is 1. The molecule has 2 nitrogen and oxygen atoms in total. The van der Waals surface area contributed by atoms with Crippen molar-refractivity contribution < 1.29 is 13.3 Å². The number of hydrogen-bond acceptors (Lipinski definition) is 3. The van der Waals surface area contributed by atoms with E-state index in [1.165, 1.54) is 12.1 Å². The van der Waals surface area contributed by atoms with E-state index in [1.807, 2.05) is 0 Å². The van der Waals surface area contributed by atoms with E-state index in [2.05, 4.69) is 17.8 Å². The second-order valence-electron chi connectivity index (χ2n) is 3.00. The van der Waals surface area contributed by atoms with Crippen LogP contribution in [0, 0.1) is 11.6 Å². The lowest BCUT2D eigenvalue weighted by Gasteiger charge is -1.96. The van der Waals surface area contributed by atoms with Crippen molar-refractivity contribution in [1.82, 2.24) is 5.16 Å². The van der Waals surface area contributed by atoms with Crippen LogP contribution in [0.1, 0.15) is 5.69 Å². The first-order valence-electron chi connectivity index (χ1n) is 4.22. The van der Waals surface area contributed by atoms with Crippen molar-refractivity contribution in [2.24, 2.45) is 0 Å². The molecule has 1 aromatic carbocycles. The highest BCUT2D eigenvalue weighted by Gasteiger charge is 2.08. The zero-order valence-electron chi connectivity index (χ0n) is 7.58. The maximum absolute atomic E-state index is 12.9. The molecular weight excluding hydrogens is 220 g/mol. The predicted octanol–water partition coefficient (Wildman–Crippen LogP) is 3.05. The number of benzene rings is 1. The van der Waals surface area contributed by atoms with Crippen molar-refractivity contribution in [2.45, 2.75) is 5.75 Å². The maximum atomic E-state index is 12.9. The first-order valence-corrected chi connectivity index (χ1v) is 4.85. The summed E-state index contributed by atoms with van der Waals surface area (Å²) in [6.07, 6.45) is 0. The minimum Gasteiger partial charge on any atom is -0.356 e. The Morgan fingerprint density at radius 1 is 1.13 bits per heavy atom. The summed E-state index contributed by atoms with van der Waals surface area (Å²) in [5.41, 5.74) is 0.950. The number of halogens is 2. The molecule has 0 saturated carbocycles. The Labute approximate surface area is 90.3 Å². The van der Waals surface area contributed by atoms with E-state index in [1.54, 1.807) is 6.07 Å². The highest BCUT2D eigenvalue weighted by molar-refractivity contribution is 7.79. The summed E-state index contributed by atoms with van der Waals surface area (Å²) in [5, 5.41) is 3.67. The molecule has 0 spiro atoms. The minimum absolute atomic E-state index is 0.327. The molecule has 0 aliphatic carbocycles. The van der Waals surface area contributed by atoms with Crippen LogP contribution in [0.3, 0.4) is 0 Å². The first kappa shape index (κ1) is 10.2. The first-order chi connectivity index (χ1) is 7.19. The molecule has 0 amide bonds. The lowest BCUT2D eigenvalue weighted by atomic mass is 10.1. The van der Waals surface area contributed by atoms with Crippen LogP contribution in [0.25, 0.3) is 11.3 Å². The predicted molar refractivity (Wildman–Crippen MR) is 54.5 cm³/mol. The van der Waals surface area contributed by atoms with Gasteiger partial charge in [-0.05, 0) is 12.1 Å². The van der Waals surface area contributed by atoms with Gasteiger partial charge in [0.25, 0.3) is 0 Å². The van der Waals surface area contributed by atoms with E-state index in [-0.39, 0.29) is 0 Å². The molecular formula is C10H7F2NOS. The molecule has 0 saturated heterocycles. The van der Waals surface area contributed by atoms with E-state index in [9.17, 15) is 8.78 Å². The molecule has 0 bridgehead atoms. The molecule has 0 N–H and O–H groups in total. The third kappa shape index (κ3) is 2.18. The quantitative estimate of drug-likeness (QED) is 0.798. The Morgan fingerprint density at radius 2 is 1.80 bits per heavy atom. The van der Waals surface area contributed by atoms with Crippen LogP contribution in [0.5, 0.6) is 0 Å². The largest absolute Gasteiger partial charge is 0.356 e. The molecule has 0 radical (unpaired) electrons. The molecule has 2 aromatic rings. The minimum atomic E-state index is -0.645. The standard InChI is InChI=1S/C10H7F2NOS/c11-7-1-6(2-8(12)3-7)10-4-9(5-15)13-14-10/h1-4,15H,5H2. The molecule has 0 unspecified atom stereocenters. The van der Waals surface area contributed by atoms with E-state index >= 15 is 0 Å². The summed E-state index contributed by atoms with van der Waals surface area (Å²) in [4.78, 5) is 0. The SMILES string of the molecule is Fc1cc(F)cc(-c2cc(CS)no2)c1. The van der Waals surface area contributed by atoms with Gasteiger partial charge >= 0.3 is 0 Å². The third-order valence-electron chi connectivity index (χ3n) is 1.87. The normalized spacial score (nSPS) is 10.6. The number of thiol groups is 1. The van der Waals surface area contributed by atoms with Gasteiger partial charge in [0.05, 0.1) is 5.69 Å². The average Bonchev–Trinajstić information content (AvgIpc) is 2.64. The van der Waals surface area contributed by atoms with Crippen molar-refractivity contribution in [3.05, 3.63) is 41.6 Å². The molecule has 15 heavy (non-hydrogen) atoms. The van der Waals surface area contributed by atoms with Crippen LogP contribution in [0.15, 0.2) is 28.8 Å². The van der Waals surface area contributed by atoms with Gasteiger partial charge in [-0.2, -0.15) is 12.6 Å². The molecule has 0 aliphatic heterocycles. The summed E-state index contributed by atoms with van der Waals surface area (Å²) in [5.74, 6) is -0.540. The van der Waals surface area contributed by atoms with Crippen LogP contribution in [-0.4, -0.2) is 5.16 Å². The fourth-order valence-electron chi connectivity index (χ4n) is 1.22. The van der Waals surface area contributed by atoms with Gasteiger partial charge in [0.1, 0.15) is 11.6 Å². The van der Waals surface area contributed by atoms with Gasteiger partial charge in [-0.25, -0.2) is 8.78 Å². The Bertz CT molecular complexity index is 464. The van der Waals surface area contributed by atoms with Gasteiger partial charge in [0.2, 0.25) is 0 Å². The average molecular weight is 227 g/mol. The van der Waals surface area contributed by atoms with Gasteiger partial charge in [0, 0.05) is 23.4 Å². The number of nitrogens with zero attached hydrogens (tertiary/aromatic N) is 1. The molecule has 78 valence electrons. The van der Waals surface area contributed by atoms with Gasteiger partial charge < -0.3 is 4.52 Å². The van der Waals surface area contributed by atoms with Crippen molar-refractivity contribution in [3.8, 4) is 11.3 Å². The summed E-state index contributed by atoms with van der Waals surface area (Å²) in [6, 6.07) is 4.78. The fourth-order valence-corrected chi connectivity index (χ4v) is 1.37. The summed E-state index contributed by atoms with van der Waals surface area (Å²) >= 11 is 4.01. The summed E-state index contributed by atoms with van der Waals surface area (Å²) < 4.78 is 30.7. The maximum Gasteiger partial charge on any atom is 0.167 e. The van der Waals surface area contributed by atoms with Crippen LogP contribution >= 0.6 is 12.6 Å². The van der Waals surface area contributed by atoms with Crippen LogP contribution in [0.4, 0.5) is 8.78 Å². The summed E-state index contributed by atoms with van der Waals surface area (Å²) in [6.45, 7) is 0. The monoisotopic (exact) mass is 227 g/mol. The third-order valence-corrected chi connectivity index (χ3v) is 2.19. The molecule has 0 fully saturated rings. The van der Waals surface area contributed by atoms with Gasteiger partial charge in [-0.15, -0.1) is 0 Å². The lowest BCUT2D eigenvalue weighted by Crippen LogP contribution is -1.82. The second kappa shape index (κ2) is 4.02. The molecule has 2 rings (SSSR count). The Balaban J connectivity index is 2.44. The fraction of sp³-hybridized carbons (Fsp3) is 0.100. The van der Waals surface area contributed by atoms with Crippen LogP contribution < -0.4 is 0 Å². The van der Waals surface area contributed by atoms with Crippen molar-refractivity contribution in [2.75, 3.05) is 0 Å². The highest BCUT2D eigenvalue weighted by Crippen LogP contribution is 2.22. The zero-order chi connectivity index (χ0) is 10.8. The topological polar surface area (TPSA) is 26.0 Å². The second-order valence-corrected chi connectivity index (χ2v) is 3.31. The molecule has 1 aromatic heterocycles. The molecule has 0 atom stereocenters. The Hall–Kier alpha value is -1.36. The zero-order valence-corrected chi connectivity index (χ0v) is 8.47. The van der Waals surface area contributed by atoms with Crippen molar-refractivity contribution in [3.63, 3.8) is 0 Å². The van der Waals surface area contributed by atoms with E-state index in [0.29, 0.717) is 22.8 Å². The highest BCUT2D eigenvalue weighted by atomic mass is 32.1. The molecule has 5 heteroatoms. The van der Waals surface area contributed by atoms with E-state index in [0.717, 1.165) is 6.07 Å². The molecule has 1 heterocycles. The lowest BCUT2D eigenvalue weighted by molar-refractivity contribution is 0.426. The van der Waals surface area contributed by atoms with Gasteiger partial charge in [-0.3, -0.25) is 0 Å². The van der Waals surface area contributed by atoms with Gasteiger partial charge in [-0.1, -0.05) is 5.16 Å². The number of rotatable bonds is 2. The van der Waals surface area contributed by atoms with Crippen LogP contribution in [0.2, 0.25) is 0 Å². The van der Waals surface area contributed by atoms with Crippen molar-refractivity contribution in [1.29, 1.82) is 0 Å². The Morgan fingerprint density at radius 3 is 2.33 bits per heavy atom. The Kier molecular flexibility index (Phi) is 2.73. The van der Waals surface area contributed by atoms with E-state index < -0.39 is 11.6 Å². The summed E-state index contributed by atoms with van der Waals surface area (Å²) in [7, 11) is 0. The van der Waals surface area contributed by atoms with Gasteiger partial charge in [0.15, 0.2) is 5.76 Å². The molecule has 0 aliphatic rings. The van der Waals surface area contributed by atoms with Crippen LogP contribution in [-0.2, 0) is 5.75 Å². The van der Waals surface area contributed by atoms with Crippen molar-refractivity contribution >= 4 is 12.6 Å². The smallest absolute Gasteiger partial charge is 0.167 e. The van der Waals surface area contributed by atoms with E-state index in [4.69, 9.17) is 4.52 Å². The number of aromatic nitrogens is 1.